The van der Waals surface area contributed by atoms with Crippen molar-refractivity contribution in [2.45, 2.75) is 20.3 Å². The SMILES string of the molecule is COc1cc(C=CC(=O)Nc2cccc3ccccc23)ccc1OCCC(C)C. The van der Waals surface area contributed by atoms with Crippen molar-refractivity contribution >= 4 is 28.4 Å². The van der Waals surface area contributed by atoms with Crippen LogP contribution in [0.15, 0.2) is 66.7 Å². The van der Waals surface area contributed by atoms with Crippen molar-refractivity contribution in [2.75, 3.05) is 19.0 Å². The zero-order chi connectivity index (χ0) is 20.6. The molecule has 0 saturated heterocycles. The number of methoxy groups -OCH3 is 1. The highest BCUT2D eigenvalue weighted by atomic mass is 16.5. The Balaban J connectivity index is 1.68. The first-order valence-electron chi connectivity index (χ1n) is 9.84. The number of nitrogens with one attached hydrogen (secondary N) is 1. The van der Waals surface area contributed by atoms with Gasteiger partial charge in [0, 0.05) is 17.1 Å². The molecule has 0 heterocycles. The van der Waals surface area contributed by atoms with Gasteiger partial charge in [0.05, 0.1) is 13.7 Å². The highest BCUT2D eigenvalue weighted by Crippen LogP contribution is 2.29. The monoisotopic (exact) mass is 389 g/mol. The summed E-state index contributed by atoms with van der Waals surface area (Å²) in [7, 11) is 1.62. The van der Waals surface area contributed by atoms with E-state index in [0.29, 0.717) is 24.0 Å². The van der Waals surface area contributed by atoms with E-state index in [9.17, 15) is 4.79 Å². The number of ether oxygens (including phenoxy) is 2. The van der Waals surface area contributed by atoms with Crippen LogP contribution in [-0.2, 0) is 4.79 Å². The second-order valence-electron chi connectivity index (χ2n) is 7.29. The molecule has 0 unspecified atom stereocenters. The maximum atomic E-state index is 12.4. The number of hydrogen-bond acceptors (Lipinski definition) is 3. The van der Waals surface area contributed by atoms with Gasteiger partial charge in [-0.1, -0.05) is 56.3 Å². The van der Waals surface area contributed by atoms with Crippen LogP contribution < -0.4 is 14.8 Å². The van der Waals surface area contributed by atoms with Crippen molar-refractivity contribution in [1.29, 1.82) is 0 Å². The van der Waals surface area contributed by atoms with Crippen LogP contribution in [0.5, 0.6) is 11.5 Å². The van der Waals surface area contributed by atoms with Gasteiger partial charge in [-0.3, -0.25) is 4.79 Å². The van der Waals surface area contributed by atoms with E-state index in [0.717, 1.165) is 28.4 Å². The number of fused-ring (bicyclic) bond motifs is 1. The molecule has 1 N–H and O–H groups in total. The van der Waals surface area contributed by atoms with Crippen molar-refractivity contribution in [3.63, 3.8) is 0 Å². The van der Waals surface area contributed by atoms with E-state index < -0.39 is 0 Å². The van der Waals surface area contributed by atoms with Crippen molar-refractivity contribution in [3.05, 3.63) is 72.3 Å². The summed E-state index contributed by atoms with van der Waals surface area (Å²) in [5.41, 5.74) is 1.66. The van der Waals surface area contributed by atoms with Gasteiger partial charge in [-0.15, -0.1) is 0 Å². The number of anilines is 1. The van der Waals surface area contributed by atoms with Crippen LogP contribution in [0.3, 0.4) is 0 Å². The Labute approximate surface area is 172 Å². The molecule has 0 saturated carbocycles. The van der Waals surface area contributed by atoms with Gasteiger partial charge in [0.25, 0.3) is 0 Å². The van der Waals surface area contributed by atoms with E-state index in [1.165, 1.54) is 6.08 Å². The maximum absolute atomic E-state index is 12.4. The summed E-state index contributed by atoms with van der Waals surface area (Å²) in [6, 6.07) is 19.5. The summed E-state index contributed by atoms with van der Waals surface area (Å²) in [6.45, 7) is 4.98. The smallest absolute Gasteiger partial charge is 0.248 e. The summed E-state index contributed by atoms with van der Waals surface area (Å²) in [5.74, 6) is 1.77. The van der Waals surface area contributed by atoms with E-state index in [2.05, 4.69) is 19.2 Å². The number of carbonyl (C=O) groups is 1. The predicted molar refractivity (Wildman–Crippen MR) is 120 cm³/mol. The van der Waals surface area contributed by atoms with Crippen LogP contribution in [0.4, 0.5) is 5.69 Å². The summed E-state index contributed by atoms with van der Waals surface area (Å²) >= 11 is 0. The van der Waals surface area contributed by atoms with E-state index in [1.807, 2.05) is 60.7 Å². The minimum atomic E-state index is -0.183. The molecule has 4 heteroatoms. The van der Waals surface area contributed by atoms with Crippen molar-refractivity contribution in [3.8, 4) is 11.5 Å². The normalized spacial score (nSPS) is 11.2. The fraction of sp³-hybridized carbons (Fsp3) is 0.240. The molecule has 0 bridgehead atoms. The second-order valence-corrected chi connectivity index (χ2v) is 7.29. The number of hydrogen-bond donors (Lipinski definition) is 1. The Morgan fingerprint density at radius 1 is 1.03 bits per heavy atom. The minimum absolute atomic E-state index is 0.183. The van der Waals surface area contributed by atoms with Crippen LogP contribution in [0.2, 0.25) is 0 Å². The van der Waals surface area contributed by atoms with Crippen molar-refractivity contribution < 1.29 is 14.3 Å². The van der Waals surface area contributed by atoms with E-state index in [4.69, 9.17) is 9.47 Å². The van der Waals surface area contributed by atoms with Crippen molar-refractivity contribution in [2.24, 2.45) is 5.92 Å². The lowest BCUT2D eigenvalue weighted by molar-refractivity contribution is -0.111. The molecule has 3 aromatic carbocycles. The largest absolute Gasteiger partial charge is 0.493 e. The van der Waals surface area contributed by atoms with Gasteiger partial charge in [0.1, 0.15) is 0 Å². The van der Waals surface area contributed by atoms with Crippen LogP contribution in [0.1, 0.15) is 25.8 Å². The Bertz CT molecular complexity index is 1000. The maximum Gasteiger partial charge on any atom is 0.248 e. The lowest BCUT2D eigenvalue weighted by atomic mass is 10.1. The molecule has 1 amide bonds. The zero-order valence-electron chi connectivity index (χ0n) is 17.1. The lowest BCUT2D eigenvalue weighted by Gasteiger charge is -2.12. The summed E-state index contributed by atoms with van der Waals surface area (Å²) < 4.78 is 11.2. The standard InChI is InChI=1S/C25H27NO3/c1-18(2)15-16-29-23-13-11-19(17-24(23)28-3)12-14-25(27)26-22-10-6-8-20-7-4-5-9-21(20)22/h4-14,17-18H,15-16H2,1-3H3,(H,26,27). The molecule has 0 aliphatic heterocycles. The van der Waals surface area contributed by atoms with Crippen LogP contribution in [-0.4, -0.2) is 19.6 Å². The number of amides is 1. The number of carbonyl (C=O) groups excluding carboxylic acids is 1. The Morgan fingerprint density at radius 3 is 2.62 bits per heavy atom. The Morgan fingerprint density at radius 2 is 1.83 bits per heavy atom. The van der Waals surface area contributed by atoms with Crippen molar-refractivity contribution in [1.82, 2.24) is 0 Å². The molecule has 0 fully saturated rings. The van der Waals surface area contributed by atoms with Crippen LogP contribution in [0.25, 0.3) is 16.8 Å². The number of benzene rings is 3. The number of rotatable bonds is 8. The van der Waals surface area contributed by atoms with Gasteiger partial charge in [-0.05, 0) is 47.6 Å². The van der Waals surface area contributed by atoms with Crippen LogP contribution >= 0.6 is 0 Å². The zero-order valence-corrected chi connectivity index (χ0v) is 17.1. The van der Waals surface area contributed by atoms with E-state index >= 15 is 0 Å². The molecule has 3 aromatic rings. The van der Waals surface area contributed by atoms with E-state index in [-0.39, 0.29) is 5.91 Å². The Hall–Kier alpha value is -3.27. The average molecular weight is 389 g/mol. The molecule has 0 spiro atoms. The fourth-order valence-corrected chi connectivity index (χ4v) is 2.99. The summed E-state index contributed by atoms with van der Waals surface area (Å²) in [5, 5.41) is 5.06. The van der Waals surface area contributed by atoms with Gasteiger partial charge >= 0.3 is 0 Å². The van der Waals surface area contributed by atoms with E-state index in [1.54, 1.807) is 13.2 Å². The molecule has 0 aliphatic rings. The first-order valence-corrected chi connectivity index (χ1v) is 9.84. The molecular weight excluding hydrogens is 362 g/mol. The first-order chi connectivity index (χ1) is 14.1. The topological polar surface area (TPSA) is 47.6 Å². The molecular formula is C25H27NO3. The average Bonchev–Trinajstić information content (AvgIpc) is 2.73. The van der Waals surface area contributed by atoms with Gasteiger partial charge in [0.2, 0.25) is 5.91 Å². The van der Waals surface area contributed by atoms with Gasteiger partial charge in [-0.25, -0.2) is 0 Å². The first kappa shape index (κ1) is 20.5. The molecule has 3 rings (SSSR count). The van der Waals surface area contributed by atoms with Crippen LogP contribution in [0, 0.1) is 5.92 Å². The summed E-state index contributed by atoms with van der Waals surface area (Å²) in [4.78, 5) is 12.4. The highest BCUT2D eigenvalue weighted by molar-refractivity contribution is 6.07. The molecule has 0 aromatic heterocycles. The molecule has 0 atom stereocenters. The molecule has 0 aliphatic carbocycles. The quantitative estimate of drug-likeness (QED) is 0.486. The Kier molecular flexibility index (Phi) is 6.90. The van der Waals surface area contributed by atoms with Gasteiger partial charge in [0.15, 0.2) is 11.5 Å². The minimum Gasteiger partial charge on any atom is -0.493 e. The molecule has 4 nitrogen and oxygen atoms in total. The lowest BCUT2D eigenvalue weighted by Crippen LogP contribution is -2.08. The second kappa shape index (κ2) is 9.78. The third-order valence-electron chi connectivity index (χ3n) is 4.62. The highest BCUT2D eigenvalue weighted by Gasteiger charge is 2.06. The summed E-state index contributed by atoms with van der Waals surface area (Å²) in [6.07, 6.45) is 4.27. The molecule has 0 radical (unpaired) electrons. The predicted octanol–water partition coefficient (Wildman–Crippen LogP) is 5.93. The molecule has 150 valence electrons. The van der Waals surface area contributed by atoms with Gasteiger partial charge in [-0.2, -0.15) is 0 Å². The van der Waals surface area contributed by atoms with Gasteiger partial charge < -0.3 is 14.8 Å². The third-order valence-corrected chi connectivity index (χ3v) is 4.62. The fourth-order valence-electron chi connectivity index (χ4n) is 2.99. The third kappa shape index (κ3) is 5.61. The molecule has 29 heavy (non-hydrogen) atoms.